The highest BCUT2D eigenvalue weighted by molar-refractivity contribution is 7.93. The van der Waals surface area contributed by atoms with Gasteiger partial charge in [-0.05, 0) is 49.2 Å². The van der Waals surface area contributed by atoms with Gasteiger partial charge in [0.25, 0.3) is 11.8 Å². The normalized spacial score (nSPS) is 14.8. The number of nitrogens with one attached hydrogen (secondary N) is 1. The topological polar surface area (TPSA) is 126 Å². The van der Waals surface area contributed by atoms with Crippen molar-refractivity contribution in [3.05, 3.63) is 78.5 Å². The molecule has 0 bridgehead atoms. The molecule has 1 fully saturated rings. The lowest BCUT2D eigenvalue weighted by molar-refractivity contribution is -0.134. The third-order valence-corrected chi connectivity index (χ3v) is 8.74. The molecule has 0 saturated carbocycles. The van der Waals surface area contributed by atoms with Crippen molar-refractivity contribution in [3.63, 3.8) is 0 Å². The van der Waals surface area contributed by atoms with Crippen molar-refractivity contribution in [2.45, 2.75) is 22.5 Å². The molecule has 2 N–H and O–H groups in total. The van der Waals surface area contributed by atoms with Crippen LogP contribution in [-0.2, 0) is 19.4 Å². The quantitative estimate of drug-likeness (QED) is 0.369. The Morgan fingerprint density at radius 1 is 1.00 bits per heavy atom. The van der Waals surface area contributed by atoms with E-state index in [0.717, 1.165) is 5.69 Å². The monoisotopic (exact) mass is 531 g/mol. The van der Waals surface area contributed by atoms with Crippen molar-refractivity contribution >= 4 is 39.7 Å². The highest BCUT2D eigenvalue weighted by Crippen LogP contribution is 2.35. The summed E-state index contributed by atoms with van der Waals surface area (Å²) in [6.45, 7) is 0.172. The average Bonchev–Trinajstić information content (AvgIpc) is 2.92. The lowest BCUT2D eigenvalue weighted by Crippen LogP contribution is -2.54. The van der Waals surface area contributed by atoms with Crippen LogP contribution in [0.25, 0.3) is 11.3 Å². The molecular formula is C25H26ClN3O6S. The van der Waals surface area contributed by atoms with Gasteiger partial charge in [-0.1, -0.05) is 30.3 Å². The van der Waals surface area contributed by atoms with E-state index < -0.39 is 20.5 Å². The fourth-order valence-electron chi connectivity index (χ4n) is 4.10. The van der Waals surface area contributed by atoms with E-state index in [1.807, 2.05) is 30.3 Å². The molecule has 1 saturated heterocycles. The number of ether oxygens (including phenoxy) is 1. The van der Waals surface area contributed by atoms with Crippen LogP contribution in [0.5, 0.6) is 0 Å². The zero-order chi connectivity index (χ0) is 25.1. The second-order valence-corrected chi connectivity index (χ2v) is 10.5. The van der Waals surface area contributed by atoms with Crippen LogP contribution in [0.15, 0.2) is 77.8 Å². The van der Waals surface area contributed by atoms with Gasteiger partial charge < -0.3 is 9.64 Å². The number of benzene rings is 2. The largest absolute Gasteiger partial charge is 0.381 e. The van der Waals surface area contributed by atoms with Gasteiger partial charge in [0.2, 0.25) is 0 Å². The van der Waals surface area contributed by atoms with Gasteiger partial charge in [-0.3, -0.25) is 19.8 Å². The summed E-state index contributed by atoms with van der Waals surface area (Å²) in [6, 6.07) is 19.1. The molecule has 0 unspecified atom stereocenters. The number of halogens is 1. The first kappa shape index (κ1) is 27.3. The Kier molecular flexibility index (Phi) is 8.47. The molecule has 11 heteroatoms. The number of hydrogen-bond donors (Lipinski definition) is 2. The van der Waals surface area contributed by atoms with Crippen molar-refractivity contribution in [2.75, 3.05) is 25.2 Å². The standard InChI is InChI=1S/C25H25N3O6S.ClH/c1-28(20-5-3-2-4-6-20)23(29)19-9-7-18(8-10-19)22-12-11-21(17-26-22)35(32,33)25(24(30)27-31)13-15-34-16-14-25;/h2-12,17,31H,13-16H2,1H3,(H,27,30);1H. The molecule has 1 aromatic heterocycles. The third kappa shape index (κ3) is 4.98. The molecule has 36 heavy (non-hydrogen) atoms. The first-order chi connectivity index (χ1) is 16.8. The minimum absolute atomic E-state index is 0. The zero-order valence-corrected chi connectivity index (χ0v) is 21.1. The number of rotatable bonds is 6. The molecule has 1 aliphatic heterocycles. The molecule has 0 spiro atoms. The Morgan fingerprint density at radius 2 is 1.64 bits per heavy atom. The fourth-order valence-corrected chi connectivity index (χ4v) is 5.99. The van der Waals surface area contributed by atoms with Crippen molar-refractivity contribution in [2.24, 2.45) is 0 Å². The maximum atomic E-state index is 13.3. The first-order valence-corrected chi connectivity index (χ1v) is 12.4. The van der Waals surface area contributed by atoms with Gasteiger partial charge in [-0.15, -0.1) is 12.4 Å². The molecule has 3 aromatic rings. The number of carbonyl (C=O) groups is 2. The van der Waals surface area contributed by atoms with Gasteiger partial charge >= 0.3 is 0 Å². The van der Waals surface area contributed by atoms with Crippen LogP contribution in [0.4, 0.5) is 5.69 Å². The minimum Gasteiger partial charge on any atom is -0.381 e. The van der Waals surface area contributed by atoms with E-state index in [0.29, 0.717) is 16.8 Å². The second kappa shape index (κ2) is 11.2. The summed E-state index contributed by atoms with van der Waals surface area (Å²) in [4.78, 5) is 30.9. The van der Waals surface area contributed by atoms with Crippen LogP contribution in [0, 0.1) is 0 Å². The second-order valence-electron chi connectivity index (χ2n) is 8.21. The number of hydroxylamine groups is 1. The fraction of sp³-hybridized carbons (Fsp3) is 0.240. The van der Waals surface area contributed by atoms with Gasteiger partial charge in [-0.2, -0.15) is 0 Å². The number of carbonyl (C=O) groups excluding carboxylic acids is 2. The lowest BCUT2D eigenvalue weighted by atomic mass is 9.98. The molecule has 2 heterocycles. The number of amides is 2. The third-order valence-electron chi connectivity index (χ3n) is 6.25. The van der Waals surface area contributed by atoms with Crippen molar-refractivity contribution in [1.82, 2.24) is 10.5 Å². The summed E-state index contributed by atoms with van der Waals surface area (Å²) in [5, 5.41) is 9.17. The molecule has 0 atom stereocenters. The highest BCUT2D eigenvalue weighted by Gasteiger charge is 2.52. The molecule has 2 aromatic carbocycles. The Balaban J connectivity index is 0.00000361. The predicted octanol–water partition coefficient (Wildman–Crippen LogP) is 3.28. The first-order valence-electron chi connectivity index (χ1n) is 11.0. The average molecular weight is 532 g/mol. The number of hydrogen-bond acceptors (Lipinski definition) is 7. The van der Waals surface area contributed by atoms with Crippen LogP contribution < -0.4 is 10.4 Å². The number of para-hydroxylation sites is 1. The van der Waals surface area contributed by atoms with E-state index in [4.69, 9.17) is 9.94 Å². The van der Waals surface area contributed by atoms with E-state index in [9.17, 15) is 18.0 Å². The smallest absolute Gasteiger partial charge is 0.265 e. The SMILES string of the molecule is CN(C(=O)c1ccc(-c2ccc(S(=O)(=O)C3(C(=O)NO)CCOCC3)cn2)cc1)c1ccccc1.Cl. The minimum atomic E-state index is -4.15. The maximum Gasteiger partial charge on any atom is 0.265 e. The van der Waals surface area contributed by atoms with E-state index in [1.54, 1.807) is 42.3 Å². The van der Waals surface area contributed by atoms with E-state index in [2.05, 4.69) is 4.98 Å². The highest BCUT2D eigenvalue weighted by atomic mass is 35.5. The summed E-state index contributed by atoms with van der Waals surface area (Å²) in [6.07, 6.45) is 1.06. The van der Waals surface area contributed by atoms with Gasteiger partial charge in [0.15, 0.2) is 14.6 Å². The van der Waals surface area contributed by atoms with Crippen LogP contribution in [-0.4, -0.2) is 55.4 Å². The van der Waals surface area contributed by atoms with E-state index in [-0.39, 0.29) is 49.3 Å². The number of pyridine rings is 1. The molecule has 2 amide bonds. The summed E-state index contributed by atoms with van der Waals surface area (Å²) < 4.78 is 30.1. The zero-order valence-electron chi connectivity index (χ0n) is 19.5. The molecule has 190 valence electrons. The number of nitrogens with zero attached hydrogens (tertiary/aromatic N) is 2. The van der Waals surface area contributed by atoms with Gasteiger partial charge in [0.05, 0.1) is 10.6 Å². The molecule has 0 aliphatic carbocycles. The van der Waals surface area contributed by atoms with E-state index in [1.165, 1.54) is 17.7 Å². The number of sulfone groups is 1. The molecule has 1 aliphatic rings. The Morgan fingerprint density at radius 3 is 2.19 bits per heavy atom. The summed E-state index contributed by atoms with van der Waals surface area (Å²) in [5.41, 5.74) is 3.97. The molecule has 4 rings (SSSR count). The predicted molar refractivity (Wildman–Crippen MR) is 136 cm³/mol. The van der Waals surface area contributed by atoms with Gasteiger partial charge in [-0.25, -0.2) is 13.9 Å². The van der Waals surface area contributed by atoms with Crippen LogP contribution in [0.3, 0.4) is 0 Å². The van der Waals surface area contributed by atoms with E-state index >= 15 is 0 Å². The summed E-state index contributed by atoms with van der Waals surface area (Å²) in [5.74, 6) is -1.15. The number of anilines is 1. The van der Waals surface area contributed by atoms with Crippen molar-refractivity contribution < 1.29 is 28.0 Å². The van der Waals surface area contributed by atoms with Crippen LogP contribution in [0.2, 0.25) is 0 Å². The molecule has 9 nitrogen and oxygen atoms in total. The van der Waals surface area contributed by atoms with Crippen LogP contribution in [0.1, 0.15) is 23.2 Å². The Bertz CT molecular complexity index is 1310. The van der Waals surface area contributed by atoms with Crippen LogP contribution >= 0.6 is 12.4 Å². The number of aromatic nitrogens is 1. The summed E-state index contributed by atoms with van der Waals surface area (Å²) >= 11 is 0. The molecular weight excluding hydrogens is 506 g/mol. The van der Waals surface area contributed by atoms with Gasteiger partial charge in [0, 0.05) is 43.3 Å². The Hall–Kier alpha value is -3.31. The Labute approximate surface area is 215 Å². The summed E-state index contributed by atoms with van der Waals surface area (Å²) in [7, 11) is -2.45. The van der Waals surface area contributed by atoms with Gasteiger partial charge in [0.1, 0.15) is 0 Å². The maximum absolute atomic E-state index is 13.3. The lowest BCUT2D eigenvalue weighted by Gasteiger charge is -2.34. The molecule has 0 radical (unpaired) electrons. The van der Waals surface area contributed by atoms with Crippen molar-refractivity contribution in [1.29, 1.82) is 0 Å². The van der Waals surface area contributed by atoms with Crippen molar-refractivity contribution in [3.8, 4) is 11.3 Å².